The van der Waals surface area contributed by atoms with Gasteiger partial charge < -0.3 is 18.9 Å². The summed E-state index contributed by atoms with van der Waals surface area (Å²) in [5, 5.41) is 0. The van der Waals surface area contributed by atoms with Crippen LogP contribution < -0.4 is 14.2 Å². The molecule has 2 aliphatic rings. The molecule has 0 atom stereocenters. The van der Waals surface area contributed by atoms with E-state index < -0.39 is 0 Å². The predicted molar refractivity (Wildman–Crippen MR) is 77.3 cm³/mol. The van der Waals surface area contributed by atoms with Gasteiger partial charge in [-0.1, -0.05) is 0 Å². The molecule has 1 aromatic carbocycles. The highest BCUT2D eigenvalue weighted by Gasteiger charge is 2.25. The summed E-state index contributed by atoms with van der Waals surface area (Å²) in [5.74, 6) is 4.58. The van der Waals surface area contributed by atoms with Crippen molar-refractivity contribution in [3.63, 3.8) is 0 Å². The molecule has 0 saturated carbocycles. The second-order valence-corrected chi connectivity index (χ2v) is 6.96. The Balaban J connectivity index is 1.87. The average Bonchev–Trinajstić information content (AvgIpc) is 2.94. The van der Waals surface area contributed by atoms with Gasteiger partial charge in [-0.25, -0.2) is 0 Å². The Hall–Kier alpha value is -0.720. The van der Waals surface area contributed by atoms with Crippen molar-refractivity contribution in [3.05, 3.63) is 17.7 Å². The lowest BCUT2D eigenvalue weighted by atomic mass is 10.2. The lowest BCUT2D eigenvalue weighted by Crippen LogP contribution is -2.03. The minimum Gasteiger partial charge on any atom is -0.464 e. The maximum atomic E-state index is 5.58. The van der Waals surface area contributed by atoms with Crippen LogP contribution in [0, 0.1) is 0 Å². The monoisotopic (exact) mass is 300 g/mol. The summed E-state index contributed by atoms with van der Waals surface area (Å²) < 4.78 is 21.9. The van der Waals surface area contributed by atoms with Crippen LogP contribution in [-0.2, 0) is 4.74 Å². The van der Waals surface area contributed by atoms with Crippen molar-refractivity contribution in [1.82, 2.24) is 0 Å². The third-order valence-corrected chi connectivity index (χ3v) is 5.91. The van der Waals surface area contributed by atoms with E-state index in [0.717, 1.165) is 5.75 Å². The molecule has 2 aliphatic heterocycles. The van der Waals surface area contributed by atoms with Crippen molar-refractivity contribution >= 4 is 23.5 Å². The molecule has 104 valence electrons. The second-order valence-electron chi connectivity index (χ2n) is 4.23. The van der Waals surface area contributed by atoms with Gasteiger partial charge >= 0.3 is 0 Å². The molecule has 6 heteroatoms. The maximum Gasteiger partial charge on any atom is 0.231 e. The third kappa shape index (κ3) is 2.90. The van der Waals surface area contributed by atoms with E-state index in [4.69, 9.17) is 18.9 Å². The molecular weight excluding hydrogens is 284 g/mol. The number of hydrogen-bond donors (Lipinski definition) is 0. The number of fused-ring (bicyclic) bond motifs is 1. The fourth-order valence-electron chi connectivity index (χ4n) is 2.04. The van der Waals surface area contributed by atoms with Crippen LogP contribution in [0.4, 0.5) is 0 Å². The largest absolute Gasteiger partial charge is 0.464 e. The molecule has 0 amide bonds. The molecule has 3 rings (SSSR count). The Labute approximate surface area is 121 Å². The van der Waals surface area contributed by atoms with Crippen molar-refractivity contribution < 1.29 is 18.9 Å². The summed E-state index contributed by atoms with van der Waals surface area (Å²) >= 11 is 3.95. The van der Waals surface area contributed by atoms with Crippen LogP contribution in [0.3, 0.4) is 0 Å². The van der Waals surface area contributed by atoms with E-state index >= 15 is 0 Å². The van der Waals surface area contributed by atoms with Crippen molar-refractivity contribution in [2.75, 3.05) is 32.2 Å². The fourth-order valence-corrected chi connectivity index (χ4v) is 4.90. The van der Waals surface area contributed by atoms with Gasteiger partial charge in [0.25, 0.3) is 0 Å². The van der Waals surface area contributed by atoms with E-state index in [1.54, 1.807) is 7.11 Å². The number of hydrogen-bond acceptors (Lipinski definition) is 6. The smallest absolute Gasteiger partial charge is 0.231 e. The zero-order valence-electron chi connectivity index (χ0n) is 10.7. The summed E-state index contributed by atoms with van der Waals surface area (Å²) in [7, 11) is 1.61. The third-order valence-electron chi connectivity index (χ3n) is 2.89. The first-order chi connectivity index (χ1) is 9.38. The Kier molecular flexibility index (Phi) is 4.30. The Morgan fingerprint density at radius 3 is 2.89 bits per heavy atom. The number of rotatable bonds is 4. The van der Waals surface area contributed by atoms with Crippen LogP contribution in [0.1, 0.15) is 16.6 Å². The summed E-state index contributed by atoms with van der Waals surface area (Å²) in [6.07, 6.45) is 1.28. The maximum absolute atomic E-state index is 5.58. The molecule has 0 radical (unpaired) electrons. The van der Waals surface area contributed by atoms with Crippen LogP contribution >= 0.6 is 23.5 Å². The van der Waals surface area contributed by atoms with Gasteiger partial charge in [0.2, 0.25) is 12.5 Å². The first-order valence-electron chi connectivity index (χ1n) is 6.17. The van der Waals surface area contributed by atoms with E-state index in [0.29, 0.717) is 16.1 Å². The van der Waals surface area contributed by atoms with Gasteiger partial charge in [0.15, 0.2) is 18.3 Å². The highest BCUT2D eigenvalue weighted by atomic mass is 32.2. The lowest BCUT2D eigenvalue weighted by Gasteiger charge is -2.22. The van der Waals surface area contributed by atoms with Gasteiger partial charge in [-0.15, -0.1) is 23.5 Å². The number of benzene rings is 1. The number of ether oxygens (including phenoxy) is 4. The van der Waals surface area contributed by atoms with Gasteiger partial charge in [-0.2, -0.15) is 0 Å². The number of thioether (sulfide) groups is 2. The molecule has 1 saturated heterocycles. The van der Waals surface area contributed by atoms with Crippen molar-refractivity contribution in [2.24, 2.45) is 0 Å². The highest BCUT2D eigenvalue weighted by molar-refractivity contribution is 8.16. The van der Waals surface area contributed by atoms with Gasteiger partial charge in [0.1, 0.15) is 0 Å². The molecule has 1 fully saturated rings. The van der Waals surface area contributed by atoms with Crippen LogP contribution in [0.25, 0.3) is 0 Å². The molecule has 19 heavy (non-hydrogen) atoms. The van der Waals surface area contributed by atoms with Crippen LogP contribution in [-0.4, -0.2) is 32.2 Å². The molecule has 4 nitrogen and oxygen atoms in total. The normalized spacial score (nSPS) is 18.6. The zero-order chi connectivity index (χ0) is 13.1. The minimum atomic E-state index is 0.213. The molecule has 0 aliphatic carbocycles. The molecular formula is C13H16O4S2. The van der Waals surface area contributed by atoms with Gasteiger partial charge in [0, 0.05) is 7.11 Å². The van der Waals surface area contributed by atoms with Crippen LogP contribution in [0.15, 0.2) is 12.1 Å². The summed E-state index contributed by atoms with van der Waals surface area (Å²) in [6, 6.07) is 4.11. The molecule has 1 aromatic rings. The van der Waals surface area contributed by atoms with Gasteiger partial charge in [0.05, 0.1) is 4.58 Å². The van der Waals surface area contributed by atoms with Gasteiger partial charge in [-0.3, -0.25) is 0 Å². The fraction of sp³-hybridized carbons (Fsp3) is 0.538. The van der Waals surface area contributed by atoms with Crippen LogP contribution in [0.5, 0.6) is 17.2 Å². The summed E-state index contributed by atoms with van der Waals surface area (Å²) in [5.41, 5.74) is 1.23. The van der Waals surface area contributed by atoms with Crippen molar-refractivity contribution in [2.45, 2.75) is 11.0 Å². The number of methoxy groups -OCH3 is 1. The molecule has 0 aromatic heterocycles. The molecule has 0 unspecified atom stereocenters. The summed E-state index contributed by atoms with van der Waals surface area (Å²) in [4.78, 5) is 0. The topological polar surface area (TPSA) is 36.9 Å². The van der Waals surface area contributed by atoms with Gasteiger partial charge in [-0.05, 0) is 35.6 Å². The average molecular weight is 300 g/mol. The molecule has 0 bridgehead atoms. The van der Waals surface area contributed by atoms with E-state index in [-0.39, 0.29) is 13.6 Å². The van der Waals surface area contributed by atoms with Crippen LogP contribution in [0.2, 0.25) is 0 Å². The Morgan fingerprint density at radius 2 is 2.11 bits per heavy atom. The Morgan fingerprint density at radius 1 is 1.26 bits per heavy atom. The van der Waals surface area contributed by atoms with E-state index in [9.17, 15) is 0 Å². The SMILES string of the molecule is COCOc1cc(C2SCCCS2)cc2c1OCO2. The zero-order valence-corrected chi connectivity index (χ0v) is 12.4. The molecule has 0 N–H and O–H groups in total. The minimum absolute atomic E-state index is 0.213. The lowest BCUT2D eigenvalue weighted by molar-refractivity contribution is 0.0485. The van der Waals surface area contributed by atoms with E-state index in [2.05, 4.69) is 6.07 Å². The standard InChI is InChI=1S/C13H16O4S2/c1-14-7-15-10-5-9(13-18-3-2-4-19-13)6-11-12(10)17-8-16-11/h5-6,13H,2-4,7-8H2,1H3. The quantitative estimate of drug-likeness (QED) is 0.794. The first kappa shape index (κ1) is 13.3. The van der Waals surface area contributed by atoms with Crippen molar-refractivity contribution in [3.8, 4) is 17.2 Å². The Bertz CT molecular complexity index is 447. The van der Waals surface area contributed by atoms with E-state index in [1.807, 2.05) is 29.6 Å². The predicted octanol–water partition coefficient (Wildman–Crippen LogP) is 3.27. The summed E-state index contributed by atoms with van der Waals surface area (Å²) in [6.45, 7) is 0.470. The molecule has 2 heterocycles. The first-order valence-corrected chi connectivity index (χ1v) is 8.26. The second kappa shape index (κ2) is 6.15. The molecule has 0 spiro atoms. The highest BCUT2D eigenvalue weighted by Crippen LogP contribution is 2.49. The van der Waals surface area contributed by atoms with E-state index in [1.165, 1.54) is 23.5 Å². The van der Waals surface area contributed by atoms with Crippen molar-refractivity contribution in [1.29, 1.82) is 0 Å².